The summed E-state index contributed by atoms with van der Waals surface area (Å²) in [7, 11) is -3.77. The fraction of sp³-hybridized carbons (Fsp3) is 0.292. The van der Waals surface area contributed by atoms with Gasteiger partial charge in [0.25, 0.3) is 10.0 Å². The van der Waals surface area contributed by atoms with Crippen LogP contribution in [0.1, 0.15) is 50.7 Å². The molecule has 0 saturated heterocycles. The smallest absolute Gasteiger partial charge is 0.265 e. The molecule has 30 heavy (non-hydrogen) atoms. The van der Waals surface area contributed by atoms with Gasteiger partial charge in [0.15, 0.2) is 0 Å². The SMILES string of the molecule is CC(C)c1cccc(C(C)C)c1NC(=O)CN1c2cccc3cccc(c23)S1(=O)=O. The molecule has 0 unspecified atom stereocenters. The van der Waals surface area contributed by atoms with Crippen LogP contribution < -0.4 is 9.62 Å². The van der Waals surface area contributed by atoms with Gasteiger partial charge in [0.2, 0.25) is 5.91 Å². The maximum Gasteiger partial charge on any atom is 0.265 e. The molecule has 1 heterocycles. The quantitative estimate of drug-likeness (QED) is 0.612. The van der Waals surface area contributed by atoms with Gasteiger partial charge in [0.1, 0.15) is 6.54 Å². The minimum Gasteiger partial charge on any atom is -0.324 e. The van der Waals surface area contributed by atoms with Crippen LogP contribution in [0.15, 0.2) is 59.5 Å². The highest BCUT2D eigenvalue weighted by Gasteiger charge is 2.36. The lowest BCUT2D eigenvalue weighted by atomic mass is 9.92. The maximum atomic E-state index is 13.1. The zero-order chi connectivity index (χ0) is 21.6. The third-order valence-corrected chi connectivity index (χ3v) is 7.41. The highest BCUT2D eigenvalue weighted by molar-refractivity contribution is 7.93. The summed E-state index contributed by atoms with van der Waals surface area (Å²) in [6, 6.07) is 16.7. The van der Waals surface area contributed by atoms with E-state index >= 15 is 0 Å². The van der Waals surface area contributed by atoms with Gasteiger partial charge in [-0.1, -0.05) is 70.2 Å². The molecule has 0 fully saturated rings. The predicted molar refractivity (Wildman–Crippen MR) is 122 cm³/mol. The van der Waals surface area contributed by atoms with Crippen molar-refractivity contribution in [1.29, 1.82) is 0 Å². The van der Waals surface area contributed by atoms with Crippen LogP contribution >= 0.6 is 0 Å². The lowest BCUT2D eigenvalue weighted by Gasteiger charge is -2.22. The monoisotopic (exact) mass is 422 g/mol. The van der Waals surface area contributed by atoms with Crippen molar-refractivity contribution in [2.75, 3.05) is 16.2 Å². The molecular formula is C24H26N2O3S. The van der Waals surface area contributed by atoms with Gasteiger partial charge in [-0.15, -0.1) is 0 Å². The molecule has 3 aromatic rings. The van der Waals surface area contributed by atoms with E-state index in [0.717, 1.165) is 22.2 Å². The molecule has 4 rings (SSSR count). The highest BCUT2D eigenvalue weighted by atomic mass is 32.2. The highest BCUT2D eigenvalue weighted by Crippen LogP contribution is 2.42. The van der Waals surface area contributed by atoms with Crippen LogP contribution in [0, 0.1) is 0 Å². The van der Waals surface area contributed by atoms with E-state index in [1.54, 1.807) is 18.2 Å². The molecule has 0 aromatic heterocycles. The first-order valence-corrected chi connectivity index (χ1v) is 11.6. The summed E-state index contributed by atoms with van der Waals surface area (Å²) in [5, 5.41) is 4.55. The number of para-hydroxylation sites is 1. The second kappa shape index (κ2) is 7.43. The number of nitrogens with one attached hydrogen (secondary N) is 1. The minimum absolute atomic E-state index is 0.229. The standard InChI is InChI=1S/C24H26N2O3S/c1-15(2)18-10-7-11-19(16(3)4)24(18)25-22(27)14-26-20-12-5-8-17-9-6-13-21(23(17)20)30(26,28)29/h5-13,15-16H,14H2,1-4H3,(H,25,27). The first kappa shape index (κ1) is 20.4. The molecule has 1 aliphatic rings. The molecule has 0 aliphatic carbocycles. The number of sulfonamides is 1. The van der Waals surface area contributed by atoms with Crippen molar-refractivity contribution >= 4 is 38.1 Å². The van der Waals surface area contributed by atoms with Crippen LogP contribution in [-0.2, 0) is 14.8 Å². The molecule has 1 N–H and O–H groups in total. The summed E-state index contributed by atoms with van der Waals surface area (Å²) in [5.74, 6) is 0.110. The van der Waals surface area contributed by atoms with Crippen molar-refractivity contribution in [3.05, 3.63) is 65.7 Å². The van der Waals surface area contributed by atoms with Crippen LogP contribution in [0.25, 0.3) is 10.8 Å². The van der Waals surface area contributed by atoms with E-state index in [2.05, 4.69) is 33.0 Å². The summed E-state index contributed by atoms with van der Waals surface area (Å²) >= 11 is 0. The summed E-state index contributed by atoms with van der Waals surface area (Å²) in [6.45, 7) is 8.06. The Bertz CT molecular complexity index is 1220. The molecule has 0 saturated carbocycles. The van der Waals surface area contributed by atoms with Crippen LogP contribution in [-0.4, -0.2) is 20.9 Å². The van der Waals surface area contributed by atoms with E-state index in [-0.39, 0.29) is 29.2 Å². The molecular weight excluding hydrogens is 396 g/mol. The molecule has 1 amide bonds. The summed E-state index contributed by atoms with van der Waals surface area (Å²) in [6.07, 6.45) is 0. The number of hydrogen-bond donors (Lipinski definition) is 1. The van der Waals surface area contributed by atoms with Crippen molar-refractivity contribution in [3.8, 4) is 0 Å². The van der Waals surface area contributed by atoms with Crippen molar-refractivity contribution in [2.45, 2.75) is 44.4 Å². The number of carbonyl (C=O) groups is 1. The number of benzene rings is 3. The average Bonchev–Trinajstić information content (AvgIpc) is 2.91. The first-order chi connectivity index (χ1) is 14.2. The Morgan fingerprint density at radius 3 is 2.07 bits per heavy atom. The van der Waals surface area contributed by atoms with E-state index in [4.69, 9.17) is 0 Å². The van der Waals surface area contributed by atoms with Crippen LogP contribution in [0.5, 0.6) is 0 Å². The number of anilines is 2. The molecule has 6 heteroatoms. The normalized spacial score (nSPS) is 14.7. The molecule has 0 spiro atoms. The molecule has 5 nitrogen and oxygen atoms in total. The number of hydrogen-bond acceptors (Lipinski definition) is 3. The Balaban J connectivity index is 1.69. The summed E-state index contributed by atoms with van der Waals surface area (Å²) in [4.78, 5) is 13.3. The Morgan fingerprint density at radius 1 is 0.900 bits per heavy atom. The van der Waals surface area contributed by atoms with Crippen LogP contribution in [0.2, 0.25) is 0 Å². The van der Waals surface area contributed by atoms with E-state index < -0.39 is 10.0 Å². The van der Waals surface area contributed by atoms with Gasteiger partial charge in [-0.25, -0.2) is 8.42 Å². The molecule has 0 radical (unpaired) electrons. The third kappa shape index (κ3) is 3.25. The zero-order valence-electron chi connectivity index (χ0n) is 17.6. The fourth-order valence-electron chi connectivity index (χ4n) is 4.13. The van der Waals surface area contributed by atoms with E-state index in [1.807, 2.05) is 36.4 Å². The van der Waals surface area contributed by atoms with Crippen molar-refractivity contribution in [3.63, 3.8) is 0 Å². The number of amides is 1. The Labute approximate surface area is 177 Å². The van der Waals surface area contributed by atoms with Gasteiger partial charge < -0.3 is 5.32 Å². The average molecular weight is 423 g/mol. The second-order valence-electron chi connectivity index (χ2n) is 8.31. The second-order valence-corrected chi connectivity index (χ2v) is 10.1. The lowest BCUT2D eigenvalue weighted by Crippen LogP contribution is -2.36. The Kier molecular flexibility index (Phi) is 5.06. The Hall–Kier alpha value is -2.86. The maximum absolute atomic E-state index is 13.1. The number of nitrogens with zero attached hydrogens (tertiary/aromatic N) is 1. The van der Waals surface area contributed by atoms with Gasteiger partial charge in [-0.2, -0.15) is 0 Å². The van der Waals surface area contributed by atoms with E-state index in [0.29, 0.717) is 11.1 Å². The van der Waals surface area contributed by atoms with Crippen molar-refractivity contribution in [1.82, 2.24) is 0 Å². The minimum atomic E-state index is -3.77. The topological polar surface area (TPSA) is 66.5 Å². The van der Waals surface area contributed by atoms with Gasteiger partial charge >= 0.3 is 0 Å². The van der Waals surface area contributed by atoms with Crippen molar-refractivity contribution in [2.24, 2.45) is 0 Å². The molecule has 3 aromatic carbocycles. The fourth-order valence-corrected chi connectivity index (χ4v) is 5.80. The van der Waals surface area contributed by atoms with Gasteiger partial charge in [-0.05, 0) is 40.5 Å². The largest absolute Gasteiger partial charge is 0.324 e. The van der Waals surface area contributed by atoms with Crippen molar-refractivity contribution < 1.29 is 13.2 Å². The van der Waals surface area contributed by atoms with E-state index in [1.165, 1.54) is 4.31 Å². The summed E-state index contributed by atoms with van der Waals surface area (Å²) < 4.78 is 27.5. The van der Waals surface area contributed by atoms with Crippen LogP contribution in [0.4, 0.5) is 11.4 Å². The molecule has 1 aliphatic heterocycles. The van der Waals surface area contributed by atoms with Gasteiger partial charge in [0, 0.05) is 11.1 Å². The third-order valence-electron chi connectivity index (χ3n) is 5.61. The van der Waals surface area contributed by atoms with Gasteiger partial charge in [0.05, 0.1) is 10.6 Å². The molecule has 0 bridgehead atoms. The molecule has 0 atom stereocenters. The van der Waals surface area contributed by atoms with Crippen LogP contribution in [0.3, 0.4) is 0 Å². The lowest BCUT2D eigenvalue weighted by molar-refractivity contribution is -0.114. The predicted octanol–water partition coefficient (Wildman–Crippen LogP) is 5.23. The van der Waals surface area contributed by atoms with Gasteiger partial charge in [-0.3, -0.25) is 9.10 Å². The van der Waals surface area contributed by atoms with E-state index in [9.17, 15) is 13.2 Å². The number of rotatable bonds is 5. The zero-order valence-corrected chi connectivity index (χ0v) is 18.5. The summed E-state index contributed by atoms with van der Waals surface area (Å²) in [5.41, 5.74) is 3.44. The Morgan fingerprint density at radius 2 is 1.47 bits per heavy atom. The number of carbonyl (C=O) groups excluding carboxylic acids is 1. The molecule has 156 valence electrons. The first-order valence-electron chi connectivity index (χ1n) is 10.2.